The van der Waals surface area contributed by atoms with Gasteiger partial charge in [0.05, 0.1) is 5.56 Å². The number of benzene rings is 2. The van der Waals surface area contributed by atoms with Gasteiger partial charge >= 0.3 is 6.18 Å². The molecule has 4 nitrogen and oxygen atoms in total. The Kier molecular flexibility index (Phi) is 5.93. The van der Waals surface area contributed by atoms with Crippen LogP contribution in [0.1, 0.15) is 27.0 Å². The number of Topliss-reactive ketones (excluding diaryl/α,β-unsaturated/α-hetero) is 1. The quantitative estimate of drug-likeness (QED) is 0.755. The van der Waals surface area contributed by atoms with Crippen LogP contribution in [0.3, 0.4) is 0 Å². The van der Waals surface area contributed by atoms with Gasteiger partial charge in [-0.1, -0.05) is 29.3 Å². The molecular formula is C21H24F3N3O. The number of carbonyl (C=O) groups is 1. The molecule has 3 rings (SSSR count). The first-order valence-corrected chi connectivity index (χ1v) is 9.26. The molecule has 2 N–H and O–H groups in total. The zero-order chi connectivity index (χ0) is 20.3. The van der Waals surface area contributed by atoms with E-state index in [1.54, 1.807) is 12.1 Å². The van der Waals surface area contributed by atoms with Gasteiger partial charge in [0.1, 0.15) is 0 Å². The molecule has 7 heteroatoms. The van der Waals surface area contributed by atoms with Gasteiger partial charge in [-0.15, -0.1) is 0 Å². The van der Waals surface area contributed by atoms with Crippen LogP contribution in [0.15, 0.2) is 36.4 Å². The van der Waals surface area contributed by atoms with E-state index in [-0.39, 0.29) is 11.3 Å². The largest absolute Gasteiger partial charge is 0.454 e. The average Bonchev–Trinajstić information content (AvgIpc) is 2.65. The maximum absolute atomic E-state index is 13.0. The van der Waals surface area contributed by atoms with Crippen molar-refractivity contribution in [3.63, 3.8) is 0 Å². The third-order valence-corrected chi connectivity index (χ3v) is 4.75. The first-order valence-electron chi connectivity index (χ1n) is 9.26. The highest BCUT2D eigenvalue weighted by molar-refractivity contribution is 6.05. The van der Waals surface area contributed by atoms with Crippen LogP contribution in [0.2, 0.25) is 0 Å². The topological polar surface area (TPSA) is 44.4 Å². The van der Waals surface area contributed by atoms with Crippen LogP contribution in [0.25, 0.3) is 0 Å². The van der Waals surface area contributed by atoms with Crippen molar-refractivity contribution in [2.24, 2.45) is 0 Å². The fourth-order valence-corrected chi connectivity index (χ4v) is 3.52. The average molecular weight is 391 g/mol. The minimum absolute atomic E-state index is 0.206. The number of alkyl halides is 3. The lowest BCUT2D eigenvalue weighted by Gasteiger charge is -2.30. The predicted molar refractivity (Wildman–Crippen MR) is 105 cm³/mol. The van der Waals surface area contributed by atoms with E-state index in [9.17, 15) is 18.0 Å². The molecule has 0 aliphatic carbocycles. The lowest BCUT2D eigenvalue weighted by molar-refractivity contribution is -0.0884. The number of carbonyl (C=O) groups excluding carboxylic acids is 1. The summed E-state index contributed by atoms with van der Waals surface area (Å²) in [5, 5.41) is 6.30. The Labute approximate surface area is 162 Å². The van der Waals surface area contributed by atoms with E-state index < -0.39 is 12.0 Å². The molecule has 0 bridgehead atoms. The molecule has 0 saturated carbocycles. The zero-order valence-corrected chi connectivity index (χ0v) is 16.0. The summed E-state index contributed by atoms with van der Waals surface area (Å²) in [5.74, 6) is -1.83. The minimum Gasteiger partial charge on any atom is -0.380 e. The summed E-state index contributed by atoms with van der Waals surface area (Å²) in [6.45, 7) is 7.45. The predicted octanol–water partition coefficient (Wildman–Crippen LogP) is 4.07. The molecule has 1 fully saturated rings. The van der Waals surface area contributed by atoms with E-state index in [4.69, 9.17) is 0 Å². The van der Waals surface area contributed by atoms with Crippen molar-refractivity contribution in [3.05, 3.63) is 58.7 Å². The van der Waals surface area contributed by atoms with E-state index in [0.29, 0.717) is 6.54 Å². The summed E-state index contributed by atoms with van der Waals surface area (Å²) < 4.78 is 39.1. The van der Waals surface area contributed by atoms with Crippen molar-refractivity contribution in [2.75, 3.05) is 36.4 Å². The molecular weight excluding hydrogens is 367 g/mol. The highest BCUT2D eigenvalue weighted by Gasteiger charge is 2.40. The lowest BCUT2D eigenvalue weighted by atomic mass is 10.0. The fourth-order valence-electron chi connectivity index (χ4n) is 3.52. The van der Waals surface area contributed by atoms with Gasteiger partial charge < -0.3 is 15.5 Å². The molecule has 0 unspecified atom stereocenters. The standard InChI is InChI=1S/C21H24F3N3O/c1-14-9-15(2)11-16(10-14)13-26-19-12-17(27-7-5-25-6-8-27)3-4-18(19)20(28)21(22,23)24/h3-4,9-12,25-26H,5-8,13H2,1-2H3. The molecule has 2 aromatic carbocycles. The van der Waals surface area contributed by atoms with Gasteiger partial charge in [-0.05, 0) is 37.6 Å². The summed E-state index contributed by atoms with van der Waals surface area (Å²) >= 11 is 0. The van der Waals surface area contributed by atoms with Crippen molar-refractivity contribution >= 4 is 17.2 Å². The number of aryl methyl sites for hydroxylation is 2. The highest BCUT2D eigenvalue weighted by atomic mass is 19.4. The Morgan fingerprint density at radius 1 is 1.07 bits per heavy atom. The minimum atomic E-state index is -4.91. The van der Waals surface area contributed by atoms with Gasteiger partial charge in [-0.3, -0.25) is 4.79 Å². The van der Waals surface area contributed by atoms with E-state index in [1.807, 2.05) is 32.0 Å². The number of ketones is 1. The monoisotopic (exact) mass is 391 g/mol. The molecule has 28 heavy (non-hydrogen) atoms. The Balaban J connectivity index is 1.90. The molecule has 0 spiro atoms. The van der Waals surface area contributed by atoms with Crippen LogP contribution in [-0.2, 0) is 6.54 Å². The van der Waals surface area contributed by atoms with Gasteiger partial charge in [0.25, 0.3) is 5.78 Å². The number of hydrogen-bond acceptors (Lipinski definition) is 4. The summed E-state index contributed by atoms with van der Waals surface area (Å²) in [6.07, 6.45) is -4.91. The van der Waals surface area contributed by atoms with Crippen LogP contribution < -0.4 is 15.5 Å². The van der Waals surface area contributed by atoms with Crippen molar-refractivity contribution < 1.29 is 18.0 Å². The van der Waals surface area contributed by atoms with Crippen LogP contribution in [0.5, 0.6) is 0 Å². The Morgan fingerprint density at radius 2 is 1.71 bits per heavy atom. The molecule has 0 aromatic heterocycles. The fraction of sp³-hybridized carbons (Fsp3) is 0.381. The van der Waals surface area contributed by atoms with E-state index in [1.165, 1.54) is 6.07 Å². The zero-order valence-electron chi connectivity index (χ0n) is 16.0. The Hall–Kier alpha value is -2.54. The second-order valence-corrected chi connectivity index (χ2v) is 7.14. The van der Waals surface area contributed by atoms with Gasteiger partial charge in [0.2, 0.25) is 0 Å². The third kappa shape index (κ3) is 4.84. The van der Waals surface area contributed by atoms with Crippen molar-refractivity contribution in [1.29, 1.82) is 0 Å². The van der Waals surface area contributed by atoms with Crippen LogP contribution in [-0.4, -0.2) is 38.1 Å². The Morgan fingerprint density at radius 3 is 2.32 bits per heavy atom. The number of rotatable bonds is 5. The van der Waals surface area contributed by atoms with Crippen LogP contribution in [0.4, 0.5) is 24.5 Å². The number of halogens is 3. The van der Waals surface area contributed by atoms with Crippen molar-refractivity contribution in [3.8, 4) is 0 Å². The third-order valence-electron chi connectivity index (χ3n) is 4.75. The lowest BCUT2D eigenvalue weighted by Crippen LogP contribution is -2.43. The van der Waals surface area contributed by atoms with E-state index in [2.05, 4.69) is 15.5 Å². The maximum Gasteiger partial charge on any atom is 0.454 e. The number of hydrogen-bond donors (Lipinski definition) is 2. The number of piperazine rings is 1. The summed E-state index contributed by atoms with van der Waals surface area (Å²) in [7, 11) is 0. The Bertz CT molecular complexity index is 838. The smallest absolute Gasteiger partial charge is 0.380 e. The molecule has 1 aliphatic rings. The van der Waals surface area contributed by atoms with Crippen LogP contribution in [0, 0.1) is 13.8 Å². The molecule has 2 aromatic rings. The summed E-state index contributed by atoms with van der Waals surface area (Å²) in [5.41, 5.74) is 3.78. The second kappa shape index (κ2) is 8.22. The normalized spacial score (nSPS) is 14.8. The molecule has 0 atom stereocenters. The van der Waals surface area contributed by atoms with Crippen LogP contribution >= 0.6 is 0 Å². The molecule has 0 radical (unpaired) electrons. The van der Waals surface area contributed by atoms with Crippen molar-refractivity contribution in [2.45, 2.75) is 26.6 Å². The SMILES string of the molecule is Cc1cc(C)cc(CNc2cc(N3CCNCC3)ccc2C(=O)C(F)(F)F)c1. The number of nitrogens with one attached hydrogen (secondary N) is 2. The molecule has 0 amide bonds. The van der Waals surface area contributed by atoms with Crippen molar-refractivity contribution in [1.82, 2.24) is 5.32 Å². The van der Waals surface area contributed by atoms with Gasteiger partial charge in [0.15, 0.2) is 0 Å². The maximum atomic E-state index is 13.0. The number of anilines is 2. The number of nitrogens with zero attached hydrogens (tertiary/aromatic N) is 1. The van der Waals surface area contributed by atoms with E-state index >= 15 is 0 Å². The van der Waals surface area contributed by atoms with Gasteiger partial charge in [0, 0.05) is 44.1 Å². The molecule has 1 heterocycles. The molecule has 150 valence electrons. The summed E-state index contributed by atoms with van der Waals surface area (Å²) in [6, 6.07) is 10.5. The van der Waals surface area contributed by atoms with Gasteiger partial charge in [-0.2, -0.15) is 13.2 Å². The first kappa shape index (κ1) is 20.2. The highest BCUT2D eigenvalue weighted by Crippen LogP contribution is 2.30. The first-order chi connectivity index (χ1) is 13.2. The van der Waals surface area contributed by atoms with Gasteiger partial charge in [-0.25, -0.2) is 0 Å². The van der Waals surface area contributed by atoms with E-state index in [0.717, 1.165) is 48.6 Å². The second-order valence-electron chi connectivity index (χ2n) is 7.14. The molecule has 1 aliphatic heterocycles. The summed E-state index contributed by atoms with van der Waals surface area (Å²) in [4.78, 5) is 14.0. The molecule has 1 saturated heterocycles.